The minimum absolute atomic E-state index is 0.00213. The van der Waals surface area contributed by atoms with Crippen molar-refractivity contribution in [2.24, 2.45) is 5.92 Å². The molecule has 0 amide bonds. The molecule has 1 saturated heterocycles. The van der Waals surface area contributed by atoms with Crippen LogP contribution in [0.5, 0.6) is 0 Å². The number of anilines is 1. The molecule has 26 heavy (non-hydrogen) atoms. The second kappa shape index (κ2) is 5.65. The summed E-state index contributed by atoms with van der Waals surface area (Å²) >= 11 is 0. The average molecular weight is 350 g/mol. The number of aryl methyl sites for hydroxylation is 2. The van der Waals surface area contributed by atoms with Gasteiger partial charge in [0.15, 0.2) is 5.65 Å². The first-order chi connectivity index (χ1) is 12.6. The molecule has 4 heterocycles. The van der Waals surface area contributed by atoms with Crippen molar-refractivity contribution in [1.82, 2.24) is 24.4 Å². The molecule has 0 unspecified atom stereocenters. The van der Waals surface area contributed by atoms with Gasteiger partial charge in [-0.25, -0.2) is 9.67 Å². The van der Waals surface area contributed by atoms with E-state index in [0.717, 1.165) is 41.6 Å². The van der Waals surface area contributed by atoms with Crippen LogP contribution in [0.1, 0.15) is 35.8 Å². The fourth-order valence-electron chi connectivity index (χ4n) is 3.73. The predicted octanol–water partition coefficient (Wildman–Crippen LogP) is 1.92. The lowest BCUT2D eigenvalue weighted by Gasteiger charge is -2.40. The molecule has 3 aromatic rings. The highest BCUT2D eigenvalue weighted by atomic mass is 16.1. The molecule has 7 heteroatoms. The first-order valence-corrected chi connectivity index (χ1v) is 9.24. The van der Waals surface area contributed by atoms with Crippen LogP contribution in [0.15, 0.2) is 29.1 Å². The molecule has 0 atom stereocenters. The summed E-state index contributed by atoms with van der Waals surface area (Å²) in [6.07, 6.45) is 2.40. The van der Waals surface area contributed by atoms with Crippen molar-refractivity contribution in [2.75, 3.05) is 18.0 Å². The Bertz CT molecular complexity index is 1040. The molecule has 0 bridgehead atoms. The molecule has 0 spiro atoms. The molecule has 7 nitrogen and oxygen atoms in total. The van der Waals surface area contributed by atoms with Crippen LogP contribution in [0.25, 0.3) is 5.65 Å². The van der Waals surface area contributed by atoms with Crippen molar-refractivity contribution in [2.45, 2.75) is 39.2 Å². The SMILES string of the molecule is Cc1cc(N2CC(Cn3nc(C4CC4)ccc3=O)C2)n2nc(C)cc2n1. The molecular weight excluding hydrogens is 328 g/mol. The fraction of sp³-hybridized carbons (Fsp3) is 0.474. The average Bonchev–Trinajstić information content (AvgIpc) is 3.33. The minimum atomic E-state index is -0.00213. The zero-order valence-corrected chi connectivity index (χ0v) is 15.1. The molecule has 0 radical (unpaired) electrons. The van der Waals surface area contributed by atoms with E-state index in [1.165, 1.54) is 12.8 Å². The van der Waals surface area contributed by atoms with Gasteiger partial charge in [-0.3, -0.25) is 4.79 Å². The van der Waals surface area contributed by atoms with Crippen LogP contribution in [0.3, 0.4) is 0 Å². The maximum absolute atomic E-state index is 12.1. The van der Waals surface area contributed by atoms with Gasteiger partial charge in [0.1, 0.15) is 5.82 Å². The van der Waals surface area contributed by atoms with E-state index in [-0.39, 0.29) is 5.56 Å². The number of nitrogens with zero attached hydrogens (tertiary/aromatic N) is 6. The lowest BCUT2D eigenvalue weighted by atomic mass is 10.0. The third kappa shape index (κ3) is 2.67. The minimum Gasteiger partial charge on any atom is -0.356 e. The lowest BCUT2D eigenvalue weighted by Crippen LogP contribution is -2.50. The highest BCUT2D eigenvalue weighted by Crippen LogP contribution is 2.38. The maximum atomic E-state index is 12.1. The summed E-state index contributed by atoms with van der Waals surface area (Å²) in [7, 11) is 0. The van der Waals surface area contributed by atoms with Gasteiger partial charge in [0.25, 0.3) is 5.56 Å². The molecule has 0 N–H and O–H groups in total. The summed E-state index contributed by atoms with van der Waals surface area (Å²) in [5, 5.41) is 9.14. The van der Waals surface area contributed by atoms with Gasteiger partial charge in [-0.2, -0.15) is 14.7 Å². The second-order valence-corrected chi connectivity index (χ2v) is 7.64. The van der Waals surface area contributed by atoms with Crippen LogP contribution in [0.2, 0.25) is 0 Å². The van der Waals surface area contributed by atoms with Crippen LogP contribution < -0.4 is 10.5 Å². The van der Waals surface area contributed by atoms with Gasteiger partial charge in [-0.1, -0.05) is 0 Å². The van der Waals surface area contributed by atoms with E-state index in [2.05, 4.69) is 26.1 Å². The number of aromatic nitrogens is 5. The highest BCUT2D eigenvalue weighted by Gasteiger charge is 2.31. The van der Waals surface area contributed by atoms with E-state index in [9.17, 15) is 4.79 Å². The number of rotatable bonds is 4. The Morgan fingerprint density at radius 3 is 2.65 bits per heavy atom. The van der Waals surface area contributed by atoms with Crippen molar-refractivity contribution in [3.63, 3.8) is 0 Å². The fourth-order valence-corrected chi connectivity index (χ4v) is 3.73. The third-order valence-corrected chi connectivity index (χ3v) is 5.25. The number of hydrogen-bond donors (Lipinski definition) is 0. The molecule has 134 valence electrons. The summed E-state index contributed by atoms with van der Waals surface area (Å²) < 4.78 is 3.57. The number of hydrogen-bond acceptors (Lipinski definition) is 5. The van der Waals surface area contributed by atoms with Crippen LogP contribution in [-0.2, 0) is 6.54 Å². The zero-order chi connectivity index (χ0) is 17.8. The molecule has 3 aromatic heterocycles. The van der Waals surface area contributed by atoms with Gasteiger partial charge >= 0.3 is 0 Å². The summed E-state index contributed by atoms with van der Waals surface area (Å²) in [5.41, 5.74) is 3.91. The lowest BCUT2D eigenvalue weighted by molar-refractivity contribution is 0.330. The van der Waals surface area contributed by atoms with Gasteiger partial charge in [0, 0.05) is 48.8 Å². The van der Waals surface area contributed by atoms with E-state index >= 15 is 0 Å². The van der Waals surface area contributed by atoms with Gasteiger partial charge in [-0.15, -0.1) is 0 Å². The van der Waals surface area contributed by atoms with E-state index in [4.69, 9.17) is 0 Å². The van der Waals surface area contributed by atoms with Gasteiger partial charge < -0.3 is 4.90 Å². The van der Waals surface area contributed by atoms with E-state index in [0.29, 0.717) is 18.4 Å². The summed E-state index contributed by atoms with van der Waals surface area (Å²) in [4.78, 5) is 19.0. The Balaban J connectivity index is 1.34. The Morgan fingerprint density at radius 2 is 1.88 bits per heavy atom. The topological polar surface area (TPSA) is 68.3 Å². The van der Waals surface area contributed by atoms with Crippen molar-refractivity contribution < 1.29 is 0 Å². The summed E-state index contributed by atoms with van der Waals surface area (Å²) in [5.74, 6) is 2.06. The van der Waals surface area contributed by atoms with E-state index in [1.54, 1.807) is 10.7 Å². The first kappa shape index (κ1) is 15.5. The molecule has 2 fully saturated rings. The Kier molecular flexibility index (Phi) is 3.38. The summed E-state index contributed by atoms with van der Waals surface area (Å²) in [6, 6.07) is 7.63. The Hall–Kier alpha value is -2.70. The Morgan fingerprint density at radius 1 is 1.08 bits per heavy atom. The molecule has 2 aliphatic rings. The number of fused-ring (bicyclic) bond motifs is 1. The first-order valence-electron chi connectivity index (χ1n) is 9.24. The van der Waals surface area contributed by atoms with E-state index in [1.807, 2.05) is 30.5 Å². The van der Waals surface area contributed by atoms with Gasteiger partial charge in [0.05, 0.1) is 17.9 Å². The standard InChI is InChI=1S/C19H22N6O/c1-12-8-18(25-17(20-12)7-13(2)21-25)23-9-14(10-23)11-24-19(26)6-5-16(22-24)15-3-4-15/h5-8,14-15H,3-4,9-11H2,1-2H3. The quantitative estimate of drug-likeness (QED) is 0.719. The van der Waals surface area contributed by atoms with Crippen LogP contribution in [0, 0.1) is 19.8 Å². The molecular formula is C19H22N6O. The van der Waals surface area contributed by atoms with Crippen molar-refractivity contribution in [3.05, 3.63) is 51.7 Å². The van der Waals surface area contributed by atoms with Crippen molar-refractivity contribution in [1.29, 1.82) is 0 Å². The zero-order valence-electron chi connectivity index (χ0n) is 15.1. The Labute approximate surface area is 151 Å². The van der Waals surface area contributed by atoms with Crippen molar-refractivity contribution >= 4 is 11.5 Å². The summed E-state index contributed by atoms with van der Waals surface area (Å²) in [6.45, 7) is 6.48. The highest BCUT2D eigenvalue weighted by molar-refractivity contribution is 5.53. The smallest absolute Gasteiger partial charge is 0.266 e. The van der Waals surface area contributed by atoms with Crippen LogP contribution >= 0.6 is 0 Å². The third-order valence-electron chi connectivity index (χ3n) is 5.25. The molecule has 1 saturated carbocycles. The maximum Gasteiger partial charge on any atom is 0.266 e. The van der Waals surface area contributed by atoms with E-state index < -0.39 is 0 Å². The molecule has 1 aliphatic carbocycles. The second-order valence-electron chi connectivity index (χ2n) is 7.64. The van der Waals surface area contributed by atoms with Gasteiger partial charge in [0.2, 0.25) is 0 Å². The monoisotopic (exact) mass is 350 g/mol. The predicted molar refractivity (Wildman–Crippen MR) is 98.6 cm³/mol. The normalized spacial score (nSPS) is 17.7. The van der Waals surface area contributed by atoms with Crippen LogP contribution in [-0.4, -0.2) is 37.5 Å². The van der Waals surface area contributed by atoms with Crippen molar-refractivity contribution in [3.8, 4) is 0 Å². The molecule has 5 rings (SSSR count). The largest absolute Gasteiger partial charge is 0.356 e. The molecule has 1 aliphatic heterocycles. The van der Waals surface area contributed by atoms with Gasteiger partial charge in [-0.05, 0) is 32.8 Å². The van der Waals surface area contributed by atoms with Crippen LogP contribution in [0.4, 0.5) is 5.82 Å². The molecule has 0 aromatic carbocycles.